The van der Waals surface area contributed by atoms with Crippen LogP contribution in [0.15, 0.2) is 41.3 Å². The molecule has 3 aromatic rings. The Morgan fingerprint density at radius 2 is 2.12 bits per heavy atom. The van der Waals surface area contributed by atoms with E-state index in [0.717, 1.165) is 15.7 Å². The molecule has 0 unspecified atom stereocenters. The molecule has 0 aliphatic heterocycles. The number of aromatic nitrogens is 4. The quantitative estimate of drug-likeness (QED) is 0.692. The number of nitrogens with zero attached hydrogens (tertiary/aromatic N) is 4. The number of hydrogen-bond acceptors (Lipinski definition) is 3. The van der Waals surface area contributed by atoms with Crippen molar-refractivity contribution < 1.29 is 0 Å². The van der Waals surface area contributed by atoms with E-state index in [-0.39, 0.29) is 0 Å². The van der Waals surface area contributed by atoms with Crippen LogP contribution in [0.3, 0.4) is 0 Å². The second kappa shape index (κ2) is 3.92. The summed E-state index contributed by atoms with van der Waals surface area (Å²) in [5.74, 6) is 0.685. The van der Waals surface area contributed by atoms with Crippen molar-refractivity contribution in [3.05, 3.63) is 46.8 Å². The van der Waals surface area contributed by atoms with Gasteiger partial charge in [0.25, 0.3) is 0 Å². The molecule has 0 spiro atoms. The molecule has 0 saturated heterocycles. The van der Waals surface area contributed by atoms with Crippen molar-refractivity contribution in [1.29, 1.82) is 0 Å². The predicted octanol–water partition coefficient (Wildman–Crippen LogP) is 2.86. The van der Waals surface area contributed by atoms with E-state index in [4.69, 9.17) is 0 Å². The molecule has 0 amide bonds. The Balaban J connectivity index is 2.18. The predicted molar refractivity (Wildman–Crippen MR) is 68.7 cm³/mol. The summed E-state index contributed by atoms with van der Waals surface area (Å²) in [6, 6.07) is 5.96. The third-order valence-electron chi connectivity index (χ3n) is 2.46. The highest BCUT2D eigenvalue weighted by atomic mass is 79.9. The summed E-state index contributed by atoms with van der Waals surface area (Å²) in [7, 11) is 0. The van der Waals surface area contributed by atoms with Crippen molar-refractivity contribution >= 4 is 21.6 Å². The largest absolute Gasteiger partial charge is 0.263 e. The minimum Gasteiger partial charge on any atom is -0.263 e. The van der Waals surface area contributed by atoms with Crippen molar-refractivity contribution in [3.63, 3.8) is 0 Å². The molecule has 0 saturated carbocycles. The van der Waals surface area contributed by atoms with Gasteiger partial charge in [0.1, 0.15) is 0 Å². The van der Waals surface area contributed by atoms with Gasteiger partial charge in [0.05, 0.1) is 0 Å². The summed E-state index contributed by atoms with van der Waals surface area (Å²) >= 11 is 3.39. The van der Waals surface area contributed by atoms with Gasteiger partial charge < -0.3 is 0 Å². The molecule has 0 fully saturated rings. The van der Waals surface area contributed by atoms with Crippen LogP contribution in [0.25, 0.3) is 17.0 Å². The van der Waals surface area contributed by atoms with E-state index in [1.165, 1.54) is 5.56 Å². The average Bonchev–Trinajstić information content (AvgIpc) is 2.72. The van der Waals surface area contributed by atoms with E-state index in [9.17, 15) is 0 Å². The number of halogens is 1. The fraction of sp³-hybridized carbons (Fsp3) is 0.0833. The van der Waals surface area contributed by atoms with Crippen molar-refractivity contribution in [2.45, 2.75) is 6.92 Å². The molecule has 0 N–H and O–H groups in total. The Morgan fingerprint density at radius 1 is 1.24 bits per heavy atom. The highest BCUT2D eigenvalue weighted by molar-refractivity contribution is 9.10. The lowest BCUT2D eigenvalue weighted by Crippen LogP contribution is -1.87. The van der Waals surface area contributed by atoms with Crippen LogP contribution >= 0.6 is 15.9 Å². The summed E-state index contributed by atoms with van der Waals surface area (Å²) in [5, 5.41) is 4.41. The molecule has 17 heavy (non-hydrogen) atoms. The highest BCUT2D eigenvalue weighted by Gasteiger charge is 2.06. The number of fused-ring (bicyclic) bond motifs is 1. The standard InChI is InChI=1S/C12H9BrN4/c1-8-2-3-17-11(4-8)15-12(16-17)9-5-10(13)7-14-6-9/h2-7H,1H3. The smallest absolute Gasteiger partial charge is 0.183 e. The number of pyridine rings is 2. The number of hydrogen-bond donors (Lipinski definition) is 0. The fourth-order valence-corrected chi connectivity index (χ4v) is 2.00. The Hall–Kier alpha value is -1.75. The maximum absolute atomic E-state index is 4.48. The molecule has 0 bridgehead atoms. The van der Waals surface area contributed by atoms with Gasteiger partial charge in [-0.25, -0.2) is 9.50 Å². The molecule has 3 heterocycles. The first-order valence-electron chi connectivity index (χ1n) is 5.16. The van der Waals surface area contributed by atoms with Crippen LogP contribution in [0.5, 0.6) is 0 Å². The van der Waals surface area contributed by atoms with Crippen molar-refractivity contribution in [1.82, 2.24) is 19.6 Å². The van der Waals surface area contributed by atoms with E-state index in [1.54, 1.807) is 16.9 Å². The molecule has 0 aliphatic rings. The zero-order valence-corrected chi connectivity index (χ0v) is 10.7. The molecule has 3 rings (SSSR count). The Kier molecular flexibility index (Phi) is 2.40. The second-order valence-corrected chi connectivity index (χ2v) is 4.75. The zero-order valence-electron chi connectivity index (χ0n) is 9.13. The molecule has 0 atom stereocenters. The summed E-state index contributed by atoms with van der Waals surface area (Å²) in [6.07, 6.45) is 5.41. The zero-order chi connectivity index (χ0) is 11.8. The Labute approximate surface area is 106 Å². The highest BCUT2D eigenvalue weighted by Crippen LogP contribution is 2.19. The van der Waals surface area contributed by atoms with Gasteiger partial charge in [0.15, 0.2) is 11.5 Å². The van der Waals surface area contributed by atoms with Crippen LogP contribution in [0.2, 0.25) is 0 Å². The maximum atomic E-state index is 4.48. The Bertz CT molecular complexity index is 690. The molecule has 0 aliphatic carbocycles. The monoisotopic (exact) mass is 288 g/mol. The second-order valence-electron chi connectivity index (χ2n) is 3.83. The fourth-order valence-electron chi connectivity index (χ4n) is 1.64. The first kappa shape index (κ1) is 10.4. The molecule has 3 aromatic heterocycles. The van der Waals surface area contributed by atoms with Crippen LogP contribution in [0, 0.1) is 6.92 Å². The van der Waals surface area contributed by atoms with Gasteiger partial charge in [-0.15, -0.1) is 5.10 Å². The molecule has 84 valence electrons. The van der Waals surface area contributed by atoms with Gasteiger partial charge >= 0.3 is 0 Å². The number of rotatable bonds is 1. The summed E-state index contributed by atoms with van der Waals surface area (Å²) < 4.78 is 2.69. The van der Waals surface area contributed by atoms with Gasteiger partial charge in [-0.2, -0.15) is 0 Å². The third kappa shape index (κ3) is 1.93. The maximum Gasteiger partial charge on any atom is 0.183 e. The van der Waals surface area contributed by atoms with Crippen molar-refractivity contribution in [3.8, 4) is 11.4 Å². The van der Waals surface area contributed by atoms with E-state index >= 15 is 0 Å². The van der Waals surface area contributed by atoms with Crippen molar-refractivity contribution in [2.24, 2.45) is 0 Å². The van der Waals surface area contributed by atoms with Gasteiger partial charge in [0, 0.05) is 28.6 Å². The molecule has 4 nitrogen and oxygen atoms in total. The van der Waals surface area contributed by atoms with E-state index in [1.807, 2.05) is 31.3 Å². The van der Waals surface area contributed by atoms with Crippen LogP contribution in [-0.4, -0.2) is 19.6 Å². The topological polar surface area (TPSA) is 43.1 Å². The van der Waals surface area contributed by atoms with E-state index in [2.05, 4.69) is 31.0 Å². The van der Waals surface area contributed by atoms with Crippen LogP contribution in [-0.2, 0) is 0 Å². The lowest BCUT2D eigenvalue weighted by molar-refractivity contribution is 0.961. The first-order chi connectivity index (χ1) is 8.22. The molecule has 0 aromatic carbocycles. The van der Waals surface area contributed by atoms with Gasteiger partial charge in [-0.05, 0) is 46.6 Å². The van der Waals surface area contributed by atoms with Gasteiger partial charge in [-0.3, -0.25) is 4.98 Å². The normalized spacial score (nSPS) is 10.9. The lowest BCUT2D eigenvalue weighted by atomic mass is 10.3. The molecular formula is C12H9BrN4. The van der Waals surface area contributed by atoms with E-state index < -0.39 is 0 Å². The number of aryl methyl sites for hydroxylation is 1. The minimum absolute atomic E-state index is 0.685. The lowest BCUT2D eigenvalue weighted by Gasteiger charge is -1.93. The minimum atomic E-state index is 0.685. The SMILES string of the molecule is Cc1ccn2nc(-c3cncc(Br)c3)nc2c1. The Morgan fingerprint density at radius 3 is 2.94 bits per heavy atom. The van der Waals surface area contributed by atoms with E-state index in [0.29, 0.717) is 5.82 Å². The van der Waals surface area contributed by atoms with Crippen molar-refractivity contribution in [2.75, 3.05) is 0 Å². The van der Waals surface area contributed by atoms with Crippen LogP contribution < -0.4 is 0 Å². The summed E-state index contributed by atoms with van der Waals surface area (Å²) in [6.45, 7) is 2.04. The van der Waals surface area contributed by atoms with Crippen LogP contribution in [0.1, 0.15) is 5.56 Å². The summed E-state index contributed by atoms with van der Waals surface area (Å²) in [4.78, 5) is 8.59. The summed E-state index contributed by atoms with van der Waals surface area (Å²) in [5.41, 5.74) is 2.92. The first-order valence-corrected chi connectivity index (χ1v) is 5.96. The molecule has 0 radical (unpaired) electrons. The van der Waals surface area contributed by atoms with Gasteiger partial charge in [0.2, 0.25) is 0 Å². The third-order valence-corrected chi connectivity index (χ3v) is 2.89. The van der Waals surface area contributed by atoms with Gasteiger partial charge in [-0.1, -0.05) is 0 Å². The average molecular weight is 289 g/mol. The van der Waals surface area contributed by atoms with Crippen LogP contribution in [0.4, 0.5) is 0 Å². The molecular weight excluding hydrogens is 280 g/mol. The molecule has 5 heteroatoms.